The Hall–Kier alpha value is -3.27. The maximum atomic E-state index is 13.5. The highest BCUT2D eigenvalue weighted by atomic mass is 32.1. The fraction of sp³-hybridized carbons (Fsp3) is 0.458. The van der Waals surface area contributed by atoms with Gasteiger partial charge in [0.2, 0.25) is 11.8 Å². The third kappa shape index (κ3) is 5.27. The van der Waals surface area contributed by atoms with Crippen molar-refractivity contribution >= 4 is 35.0 Å². The van der Waals surface area contributed by atoms with Crippen LogP contribution in [0.5, 0.6) is 5.06 Å². The molecule has 0 aromatic carbocycles. The first-order valence-corrected chi connectivity index (χ1v) is 12.2. The van der Waals surface area contributed by atoms with Crippen LogP contribution in [0.3, 0.4) is 0 Å². The smallest absolute Gasteiger partial charge is 0.399 e. The lowest BCUT2D eigenvalue weighted by Crippen LogP contribution is -2.53. The molecule has 0 aliphatic carbocycles. The molecule has 2 saturated heterocycles. The average molecular weight is 485 g/mol. The van der Waals surface area contributed by atoms with Crippen molar-refractivity contribution in [2.75, 3.05) is 13.1 Å². The highest BCUT2D eigenvalue weighted by Gasteiger charge is 2.52. The number of nitrogens with zero attached hydrogens (tertiary/aromatic N) is 3. The molecular formula is C24H28N4O5S. The highest BCUT2D eigenvalue weighted by Crippen LogP contribution is 2.31. The van der Waals surface area contributed by atoms with Crippen molar-refractivity contribution in [3.8, 4) is 5.06 Å². The number of ketones is 1. The van der Waals surface area contributed by atoms with Gasteiger partial charge in [-0.2, -0.15) is 0 Å². The second kappa shape index (κ2) is 10.3. The standard InChI is InChI=1S/C24H28N4O5S/c1-15(2)11-17(26-24(32)33-21-6-4-10-34-21)23(31)27-9-7-18-22(27)19(29)14-28(18)20(30)12-16-5-3-8-25-13-16/h3-6,8,10,13,15,17-18,22H,7,9,11-12,14H2,1-2H3,(H,26,32). The van der Waals surface area contributed by atoms with Crippen LogP contribution in [-0.2, 0) is 20.8 Å². The van der Waals surface area contributed by atoms with E-state index in [0.29, 0.717) is 24.4 Å². The van der Waals surface area contributed by atoms with Gasteiger partial charge in [0.05, 0.1) is 19.0 Å². The molecule has 9 nitrogen and oxygen atoms in total. The molecule has 3 unspecified atom stereocenters. The summed E-state index contributed by atoms with van der Waals surface area (Å²) >= 11 is 1.28. The van der Waals surface area contributed by atoms with Gasteiger partial charge in [0.15, 0.2) is 10.8 Å². The van der Waals surface area contributed by atoms with Crippen LogP contribution in [0.1, 0.15) is 32.3 Å². The number of rotatable bonds is 7. The van der Waals surface area contributed by atoms with Gasteiger partial charge in [-0.25, -0.2) is 4.79 Å². The summed E-state index contributed by atoms with van der Waals surface area (Å²) in [7, 11) is 0. The predicted octanol–water partition coefficient (Wildman–Crippen LogP) is 2.27. The number of carbonyl (C=O) groups is 4. The molecule has 0 radical (unpaired) electrons. The molecule has 10 heteroatoms. The van der Waals surface area contributed by atoms with Gasteiger partial charge >= 0.3 is 6.09 Å². The number of hydrogen-bond donors (Lipinski definition) is 1. The van der Waals surface area contributed by atoms with Crippen molar-refractivity contribution in [2.45, 2.75) is 51.2 Å². The maximum absolute atomic E-state index is 13.5. The summed E-state index contributed by atoms with van der Waals surface area (Å²) in [5.74, 6) is -0.496. The molecule has 3 amide bonds. The molecule has 2 fully saturated rings. The number of ether oxygens (including phenoxy) is 1. The zero-order valence-electron chi connectivity index (χ0n) is 19.2. The SMILES string of the molecule is CC(C)CC(NC(=O)Oc1cccs1)C(=O)N1CCC2C1C(=O)CN2C(=O)Cc1cccnc1. The van der Waals surface area contributed by atoms with Crippen LogP contribution in [0, 0.1) is 5.92 Å². The lowest BCUT2D eigenvalue weighted by molar-refractivity contribution is -0.138. The number of aromatic nitrogens is 1. The van der Waals surface area contributed by atoms with E-state index < -0.39 is 18.2 Å². The summed E-state index contributed by atoms with van der Waals surface area (Å²) in [5, 5.41) is 4.90. The Morgan fingerprint density at radius 2 is 2.06 bits per heavy atom. The second-order valence-corrected chi connectivity index (χ2v) is 9.92. The average Bonchev–Trinajstić information content (AvgIpc) is 3.52. The molecule has 180 valence electrons. The van der Waals surface area contributed by atoms with E-state index >= 15 is 0 Å². The molecule has 0 saturated carbocycles. The lowest BCUT2D eigenvalue weighted by atomic mass is 10.0. The Bertz CT molecular complexity index is 1040. The van der Waals surface area contributed by atoms with E-state index in [0.717, 1.165) is 5.56 Å². The fourth-order valence-electron chi connectivity index (χ4n) is 4.65. The zero-order valence-corrected chi connectivity index (χ0v) is 20.0. The summed E-state index contributed by atoms with van der Waals surface area (Å²) in [6, 6.07) is 5.17. The number of fused-ring (bicyclic) bond motifs is 1. The highest BCUT2D eigenvalue weighted by molar-refractivity contribution is 7.11. The Labute approximate surface area is 202 Å². The van der Waals surface area contributed by atoms with Crippen molar-refractivity contribution in [3.63, 3.8) is 0 Å². The molecule has 4 heterocycles. The zero-order chi connectivity index (χ0) is 24.2. The van der Waals surface area contributed by atoms with Crippen molar-refractivity contribution in [3.05, 3.63) is 47.6 Å². The molecule has 0 spiro atoms. The molecule has 34 heavy (non-hydrogen) atoms. The third-order valence-corrected chi connectivity index (χ3v) is 6.83. The normalized spacial score (nSPS) is 20.4. The molecule has 1 N–H and O–H groups in total. The molecule has 2 aliphatic rings. The first-order chi connectivity index (χ1) is 16.3. The molecule has 0 bridgehead atoms. The first-order valence-electron chi connectivity index (χ1n) is 11.4. The van der Waals surface area contributed by atoms with Gasteiger partial charge in [0, 0.05) is 18.9 Å². The Morgan fingerprint density at radius 3 is 2.74 bits per heavy atom. The minimum atomic E-state index is -0.820. The van der Waals surface area contributed by atoms with Gasteiger partial charge in [-0.3, -0.25) is 19.4 Å². The lowest BCUT2D eigenvalue weighted by Gasteiger charge is -2.28. The number of hydrogen-bond acceptors (Lipinski definition) is 7. The molecule has 2 aliphatic heterocycles. The topological polar surface area (TPSA) is 109 Å². The van der Waals surface area contributed by atoms with Crippen LogP contribution in [0.25, 0.3) is 0 Å². The van der Waals surface area contributed by atoms with Gasteiger partial charge in [0.1, 0.15) is 12.1 Å². The summed E-state index contributed by atoms with van der Waals surface area (Å²) in [5.41, 5.74) is 0.778. The van der Waals surface area contributed by atoms with E-state index in [-0.39, 0.29) is 42.5 Å². The van der Waals surface area contributed by atoms with Gasteiger partial charge in [-0.05, 0) is 47.9 Å². The number of pyridine rings is 1. The molecule has 4 rings (SSSR count). The van der Waals surface area contributed by atoms with Crippen LogP contribution in [0.15, 0.2) is 42.0 Å². The van der Waals surface area contributed by atoms with Crippen LogP contribution in [-0.4, -0.2) is 69.7 Å². The number of likely N-dealkylation sites (tertiary alicyclic amines) is 2. The number of Topliss-reactive ketones (excluding diaryl/α,β-unsaturated/α-hetero) is 1. The number of thiophene rings is 1. The van der Waals surface area contributed by atoms with Crippen LogP contribution < -0.4 is 10.1 Å². The molecular weight excluding hydrogens is 456 g/mol. The minimum absolute atomic E-state index is 0.0130. The molecule has 2 aromatic heterocycles. The monoisotopic (exact) mass is 484 g/mol. The van der Waals surface area contributed by atoms with E-state index in [1.165, 1.54) is 16.2 Å². The predicted molar refractivity (Wildman–Crippen MR) is 125 cm³/mol. The summed E-state index contributed by atoms with van der Waals surface area (Å²) in [4.78, 5) is 58.9. The summed E-state index contributed by atoms with van der Waals surface area (Å²) < 4.78 is 5.26. The van der Waals surface area contributed by atoms with Gasteiger partial charge in [-0.1, -0.05) is 19.9 Å². The van der Waals surface area contributed by atoms with E-state index in [2.05, 4.69) is 10.3 Å². The van der Waals surface area contributed by atoms with Crippen molar-refractivity contribution in [2.24, 2.45) is 5.92 Å². The third-order valence-electron chi connectivity index (χ3n) is 6.09. The van der Waals surface area contributed by atoms with Crippen molar-refractivity contribution in [1.29, 1.82) is 0 Å². The van der Waals surface area contributed by atoms with Crippen LogP contribution in [0.2, 0.25) is 0 Å². The van der Waals surface area contributed by atoms with Gasteiger partial charge in [0.25, 0.3) is 0 Å². The van der Waals surface area contributed by atoms with Crippen molar-refractivity contribution in [1.82, 2.24) is 20.1 Å². The van der Waals surface area contributed by atoms with Crippen molar-refractivity contribution < 1.29 is 23.9 Å². The second-order valence-electron chi connectivity index (χ2n) is 9.01. The largest absolute Gasteiger partial charge is 0.414 e. The fourth-order valence-corrected chi connectivity index (χ4v) is 5.22. The molecule has 3 atom stereocenters. The minimum Gasteiger partial charge on any atom is -0.399 e. The number of nitrogens with one attached hydrogen (secondary N) is 1. The first kappa shape index (κ1) is 23.9. The van der Waals surface area contributed by atoms with E-state index in [1.807, 2.05) is 19.9 Å². The number of amides is 3. The summed E-state index contributed by atoms with van der Waals surface area (Å²) in [6.45, 7) is 4.26. The Balaban J connectivity index is 1.44. The quantitative estimate of drug-likeness (QED) is 0.646. The van der Waals surface area contributed by atoms with Gasteiger partial charge < -0.3 is 19.9 Å². The van der Waals surface area contributed by atoms with Crippen LogP contribution in [0.4, 0.5) is 4.79 Å². The Morgan fingerprint density at radius 1 is 1.24 bits per heavy atom. The van der Waals surface area contributed by atoms with Gasteiger partial charge in [-0.15, -0.1) is 11.3 Å². The van der Waals surface area contributed by atoms with E-state index in [4.69, 9.17) is 4.74 Å². The molecule has 2 aromatic rings. The number of carbonyl (C=O) groups excluding carboxylic acids is 4. The Kier molecular flexibility index (Phi) is 7.26. The summed E-state index contributed by atoms with van der Waals surface area (Å²) in [6.07, 6.45) is 3.66. The maximum Gasteiger partial charge on any atom is 0.414 e. The van der Waals surface area contributed by atoms with Crippen LogP contribution >= 0.6 is 11.3 Å². The van der Waals surface area contributed by atoms with E-state index in [1.54, 1.807) is 40.9 Å². The van der Waals surface area contributed by atoms with E-state index in [9.17, 15) is 19.2 Å².